The Morgan fingerprint density at radius 1 is 1.48 bits per heavy atom. The van der Waals surface area contributed by atoms with Gasteiger partial charge in [0.05, 0.1) is 17.8 Å². The van der Waals surface area contributed by atoms with Gasteiger partial charge in [-0.05, 0) is 40.5 Å². The summed E-state index contributed by atoms with van der Waals surface area (Å²) in [7, 11) is 1.45. The molecule has 2 aromatic rings. The second-order valence-electron chi connectivity index (χ2n) is 4.01. The van der Waals surface area contributed by atoms with Crippen LogP contribution in [0.1, 0.15) is 11.3 Å². The fourth-order valence-electron chi connectivity index (χ4n) is 1.44. The smallest absolute Gasteiger partial charge is 0.274 e. The van der Waals surface area contributed by atoms with Crippen molar-refractivity contribution in [3.05, 3.63) is 38.2 Å². The summed E-state index contributed by atoms with van der Waals surface area (Å²) in [6.07, 6.45) is 1.48. The highest BCUT2D eigenvalue weighted by Crippen LogP contribution is 2.34. The van der Waals surface area contributed by atoms with Crippen LogP contribution in [0.2, 0.25) is 0 Å². The average Bonchev–Trinajstić information content (AvgIpc) is 2.46. The van der Waals surface area contributed by atoms with Gasteiger partial charge in [0.1, 0.15) is 5.69 Å². The van der Waals surface area contributed by atoms with E-state index < -0.39 is 0 Å². The molecule has 0 unspecified atom stereocenters. The van der Waals surface area contributed by atoms with Gasteiger partial charge in [0, 0.05) is 0 Å². The standard InChI is InChI=1S/C12H12BrN5O3/c1-6-11(20)15-12(18-16-6)17-14-5-7-3-8(13)10(19)9(4-7)21-2/h3-5,19H,1-2H3,(H2,15,17,18,20)/b14-5+. The van der Waals surface area contributed by atoms with Crippen LogP contribution >= 0.6 is 15.9 Å². The molecule has 0 aliphatic carbocycles. The molecule has 0 saturated heterocycles. The molecule has 0 atom stereocenters. The van der Waals surface area contributed by atoms with Gasteiger partial charge in [-0.3, -0.25) is 9.78 Å². The number of anilines is 1. The largest absolute Gasteiger partial charge is 0.503 e. The van der Waals surface area contributed by atoms with Crippen molar-refractivity contribution in [2.24, 2.45) is 5.10 Å². The molecule has 0 aliphatic rings. The van der Waals surface area contributed by atoms with E-state index in [-0.39, 0.29) is 23.0 Å². The summed E-state index contributed by atoms with van der Waals surface area (Å²) in [5.74, 6) is 0.456. The SMILES string of the molecule is COc1cc(/C=N/Nc2nnc(C)c(=O)[nH]2)cc(Br)c1O. The van der Waals surface area contributed by atoms with Crippen molar-refractivity contribution in [2.45, 2.75) is 6.92 Å². The zero-order chi connectivity index (χ0) is 15.4. The fraction of sp³-hybridized carbons (Fsp3) is 0.167. The van der Waals surface area contributed by atoms with E-state index in [1.165, 1.54) is 13.3 Å². The molecule has 0 saturated carbocycles. The number of H-pyrrole nitrogens is 1. The predicted octanol–water partition coefficient (Wildman–Crippen LogP) is 1.40. The van der Waals surface area contributed by atoms with Gasteiger partial charge in [-0.15, -0.1) is 10.2 Å². The molecule has 21 heavy (non-hydrogen) atoms. The summed E-state index contributed by atoms with van der Waals surface area (Å²) in [4.78, 5) is 13.8. The van der Waals surface area contributed by atoms with Crippen LogP contribution in [0.15, 0.2) is 26.5 Å². The number of nitrogens with one attached hydrogen (secondary N) is 2. The van der Waals surface area contributed by atoms with Crippen molar-refractivity contribution < 1.29 is 9.84 Å². The number of hydrazone groups is 1. The van der Waals surface area contributed by atoms with E-state index in [2.05, 4.69) is 41.6 Å². The number of aromatic amines is 1. The second kappa shape index (κ2) is 6.35. The summed E-state index contributed by atoms with van der Waals surface area (Å²) < 4.78 is 5.51. The summed E-state index contributed by atoms with van der Waals surface area (Å²) in [6.45, 7) is 1.55. The van der Waals surface area contributed by atoms with Crippen LogP contribution in [0, 0.1) is 6.92 Å². The van der Waals surface area contributed by atoms with E-state index in [1.54, 1.807) is 19.1 Å². The van der Waals surface area contributed by atoms with E-state index in [9.17, 15) is 9.90 Å². The first-order chi connectivity index (χ1) is 10.0. The zero-order valence-electron chi connectivity index (χ0n) is 11.2. The van der Waals surface area contributed by atoms with Crippen LogP contribution in [0.5, 0.6) is 11.5 Å². The third kappa shape index (κ3) is 3.57. The van der Waals surface area contributed by atoms with Gasteiger partial charge in [-0.25, -0.2) is 5.43 Å². The molecule has 0 radical (unpaired) electrons. The van der Waals surface area contributed by atoms with Crippen molar-refractivity contribution in [2.75, 3.05) is 12.5 Å². The van der Waals surface area contributed by atoms with Gasteiger partial charge >= 0.3 is 0 Å². The van der Waals surface area contributed by atoms with E-state index in [4.69, 9.17) is 4.74 Å². The number of hydrogen-bond donors (Lipinski definition) is 3. The third-order valence-electron chi connectivity index (χ3n) is 2.52. The van der Waals surface area contributed by atoms with Gasteiger partial charge in [0.15, 0.2) is 11.5 Å². The molecule has 9 heteroatoms. The molecule has 2 rings (SSSR count). The summed E-state index contributed by atoms with van der Waals surface area (Å²) in [5.41, 5.74) is 3.17. The lowest BCUT2D eigenvalue weighted by molar-refractivity contribution is 0.372. The Morgan fingerprint density at radius 3 is 2.90 bits per heavy atom. The van der Waals surface area contributed by atoms with Crippen LogP contribution in [-0.2, 0) is 0 Å². The number of halogens is 1. The average molecular weight is 354 g/mol. The number of benzene rings is 1. The minimum absolute atomic E-state index is 0.0105. The first-order valence-electron chi connectivity index (χ1n) is 5.80. The lowest BCUT2D eigenvalue weighted by atomic mass is 10.2. The zero-order valence-corrected chi connectivity index (χ0v) is 12.8. The Hall–Kier alpha value is -2.42. The molecule has 0 aliphatic heterocycles. The topological polar surface area (TPSA) is 112 Å². The van der Waals surface area contributed by atoms with Crippen molar-refractivity contribution in [1.29, 1.82) is 0 Å². The number of phenols is 1. The number of nitrogens with zero attached hydrogens (tertiary/aromatic N) is 3. The van der Waals surface area contributed by atoms with Crippen molar-refractivity contribution >= 4 is 28.1 Å². The molecule has 3 N–H and O–H groups in total. The Labute approximate surface area is 128 Å². The van der Waals surface area contributed by atoms with Gasteiger partial charge in [0.2, 0.25) is 5.95 Å². The summed E-state index contributed by atoms with van der Waals surface area (Å²) >= 11 is 3.21. The molecule has 0 amide bonds. The van der Waals surface area contributed by atoms with Crippen LogP contribution in [-0.4, -0.2) is 33.6 Å². The van der Waals surface area contributed by atoms with Gasteiger partial charge < -0.3 is 9.84 Å². The molecule has 1 heterocycles. The molecule has 8 nitrogen and oxygen atoms in total. The van der Waals surface area contributed by atoms with E-state index >= 15 is 0 Å². The van der Waals surface area contributed by atoms with Crippen LogP contribution < -0.4 is 15.7 Å². The van der Waals surface area contributed by atoms with E-state index in [0.29, 0.717) is 15.8 Å². The first kappa shape index (κ1) is 15.0. The van der Waals surface area contributed by atoms with Crippen molar-refractivity contribution in [3.63, 3.8) is 0 Å². The molecular weight excluding hydrogens is 342 g/mol. The maximum Gasteiger partial charge on any atom is 0.274 e. The molecule has 0 bridgehead atoms. The number of methoxy groups -OCH3 is 1. The summed E-state index contributed by atoms with van der Waals surface area (Å²) in [5, 5.41) is 21.0. The van der Waals surface area contributed by atoms with E-state index in [1.807, 2.05) is 0 Å². The Kier molecular flexibility index (Phi) is 4.53. The fourth-order valence-corrected chi connectivity index (χ4v) is 1.90. The van der Waals surface area contributed by atoms with Gasteiger partial charge in [-0.1, -0.05) is 0 Å². The maximum absolute atomic E-state index is 11.3. The molecule has 1 aromatic carbocycles. The molecule has 0 fully saturated rings. The van der Waals surface area contributed by atoms with Crippen LogP contribution in [0.25, 0.3) is 0 Å². The Bertz CT molecular complexity index is 744. The van der Waals surface area contributed by atoms with Gasteiger partial charge in [-0.2, -0.15) is 5.10 Å². The highest BCUT2D eigenvalue weighted by Gasteiger charge is 2.07. The molecule has 110 valence electrons. The lowest BCUT2D eigenvalue weighted by Gasteiger charge is -2.06. The number of aryl methyl sites for hydroxylation is 1. The highest BCUT2D eigenvalue weighted by atomic mass is 79.9. The van der Waals surface area contributed by atoms with E-state index in [0.717, 1.165) is 0 Å². The highest BCUT2D eigenvalue weighted by molar-refractivity contribution is 9.10. The number of ether oxygens (including phenoxy) is 1. The minimum atomic E-state index is -0.336. The lowest BCUT2D eigenvalue weighted by Crippen LogP contribution is -2.15. The number of rotatable bonds is 4. The maximum atomic E-state index is 11.3. The minimum Gasteiger partial charge on any atom is -0.503 e. The normalized spacial score (nSPS) is 10.8. The monoisotopic (exact) mass is 353 g/mol. The van der Waals surface area contributed by atoms with Crippen LogP contribution in [0.4, 0.5) is 5.95 Å². The third-order valence-corrected chi connectivity index (χ3v) is 3.12. The van der Waals surface area contributed by atoms with Gasteiger partial charge in [0.25, 0.3) is 5.56 Å². The molecule has 1 aromatic heterocycles. The van der Waals surface area contributed by atoms with Crippen molar-refractivity contribution in [1.82, 2.24) is 15.2 Å². The number of aromatic hydroxyl groups is 1. The summed E-state index contributed by atoms with van der Waals surface area (Å²) in [6, 6.07) is 3.27. The predicted molar refractivity (Wildman–Crippen MR) is 81.0 cm³/mol. The second-order valence-corrected chi connectivity index (χ2v) is 4.87. The number of phenolic OH excluding ortho intramolecular Hbond substituents is 1. The Morgan fingerprint density at radius 2 is 2.24 bits per heavy atom. The van der Waals surface area contributed by atoms with Crippen LogP contribution in [0.3, 0.4) is 0 Å². The first-order valence-corrected chi connectivity index (χ1v) is 6.59. The van der Waals surface area contributed by atoms with Crippen molar-refractivity contribution in [3.8, 4) is 11.5 Å². The molecule has 0 spiro atoms. The number of aromatic nitrogens is 3. The number of hydrogen-bond acceptors (Lipinski definition) is 7. The molecular formula is C12H12BrN5O3. The Balaban J connectivity index is 2.16. The quantitative estimate of drug-likeness (QED) is 0.565.